The number of hydrogen-bond donors (Lipinski definition) is 2. The van der Waals surface area contributed by atoms with Gasteiger partial charge in [0.25, 0.3) is 0 Å². The van der Waals surface area contributed by atoms with E-state index in [2.05, 4.69) is 10.6 Å². The number of hydrogen-bond acceptors (Lipinski definition) is 4. The van der Waals surface area contributed by atoms with Crippen LogP contribution in [0.4, 0.5) is 11.4 Å². The van der Waals surface area contributed by atoms with Crippen molar-refractivity contribution in [1.82, 2.24) is 0 Å². The number of esters is 1. The van der Waals surface area contributed by atoms with Crippen LogP contribution in [0.25, 0.3) is 0 Å². The number of amides is 2. The fourth-order valence-corrected chi connectivity index (χ4v) is 2.27. The van der Waals surface area contributed by atoms with Gasteiger partial charge in [0.05, 0.1) is 24.3 Å². The zero-order chi connectivity index (χ0) is 18.2. The quantitative estimate of drug-likeness (QED) is 0.792. The molecule has 0 saturated heterocycles. The molecule has 25 heavy (non-hydrogen) atoms. The lowest BCUT2D eigenvalue weighted by molar-refractivity contribution is -0.116. The first-order chi connectivity index (χ1) is 12.0. The van der Waals surface area contributed by atoms with Gasteiger partial charge >= 0.3 is 5.97 Å². The molecule has 0 saturated carbocycles. The summed E-state index contributed by atoms with van der Waals surface area (Å²) in [6.45, 7) is 3.42. The van der Waals surface area contributed by atoms with Crippen LogP contribution < -0.4 is 10.6 Å². The Balaban J connectivity index is 2.03. The van der Waals surface area contributed by atoms with Gasteiger partial charge in [-0.1, -0.05) is 24.3 Å². The minimum absolute atomic E-state index is 0.150. The van der Waals surface area contributed by atoms with Crippen LogP contribution in [0.5, 0.6) is 0 Å². The van der Waals surface area contributed by atoms with E-state index in [1.54, 1.807) is 55.5 Å². The maximum atomic E-state index is 12.2. The number of carbonyl (C=O) groups excluding carboxylic acids is 3. The molecule has 2 aromatic carbocycles. The van der Waals surface area contributed by atoms with Crippen LogP contribution in [-0.4, -0.2) is 24.4 Å². The van der Waals surface area contributed by atoms with Gasteiger partial charge < -0.3 is 15.4 Å². The van der Waals surface area contributed by atoms with E-state index in [1.807, 2.05) is 0 Å². The Bertz CT molecular complexity index is 769. The lowest BCUT2D eigenvalue weighted by Gasteiger charge is -2.10. The molecule has 0 atom stereocenters. The molecule has 0 aromatic heterocycles. The van der Waals surface area contributed by atoms with Gasteiger partial charge in [0.2, 0.25) is 11.8 Å². The average Bonchev–Trinajstić information content (AvgIpc) is 2.57. The lowest BCUT2D eigenvalue weighted by atomic mass is 10.1. The molecular formula is C19H20N2O4. The minimum Gasteiger partial charge on any atom is -0.462 e. The summed E-state index contributed by atoms with van der Waals surface area (Å²) < 4.78 is 4.99. The molecule has 2 rings (SSSR count). The van der Waals surface area contributed by atoms with Crippen molar-refractivity contribution in [2.45, 2.75) is 20.3 Å². The molecule has 6 heteroatoms. The predicted octanol–water partition coefficient (Wildman–Crippen LogP) is 3.00. The van der Waals surface area contributed by atoms with E-state index in [4.69, 9.17) is 4.74 Å². The minimum atomic E-state index is -0.474. The second-order valence-corrected chi connectivity index (χ2v) is 5.37. The number of carbonyl (C=O) groups is 3. The number of nitrogens with one attached hydrogen (secondary N) is 2. The van der Waals surface area contributed by atoms with Crippen LogP contribution in [0.15, 0.2) is 48.5 Å². The summed E-state index contributed by atoms with van der Waals surface area (Å²) in [7, 11) is 0. The van der Waals surface area contributed by atoms with Gasteiger partial charge in [-0.25, -0.2) is 4.79 Å². The van der Waals surface area contributed by atoms with Crippen molar-refractivity contribution in [2.75, 3.05) is 17.2 Å². The fraction of sp³-hybridized carbons (Fsp3) is 0.211. The Morgan fingerprint density at radius 3 is 2.28 bits per heavy atom. The van der Waals surface area contributed by atoms with Gasteiger partial charge in [0.15, 0.2) is 0 Å². The number of anilines is 2. The molecule has 2 aromatic rings. The number of rotatable bonds is 6. The molecule has 2 amide bonds. The highest BCUT2D eigenvalue weighted by Crippen LogP contribution is 2.17. The first-order valence-electron chi connectivity index (χ1n) is 7.92. The van der Waals surface area contributed by atoms with Crippen molar-refractivity contribution in [3.63, 3.8) is 0 Å². The Labute approximate surface area is 146 Å². The molecule has 0 aliphatic rings. The third kappa shape index (κ3) is 5.46. The summed E-state index contributed by atoms with van der Waals surface area (Å²) in [5.41, 5.74) is 2.20. The molecule has 6 nitrogen and oxygen atoms in total. The number of benzene rings is 2. The van der Waals surface area contributed by atoms with E-state index in [1.165, 1.54) is 6.92 Å². The van der Waals surface area contributed by atoms with Gasteiger partial charge in [0.1, 0.15) is 0 Å². The standard InChI is InChI=1S/C19H20N2O4/c1-3-25-19(24)16-6-4-5-7-17(16)21-18(23)12-14-8-10-15(11-9-14)20-13(2)22/h4-11H,3,12H2,1-2H3,(H,20,22)(H,21,23). The van der Waals surface area contributed by atoms with Crippen molar-refractivity contribution >= 4 is 29.2 Å². The van der Waals surface area contributed by atoms with E-state index >= 15 is 0 Å². The molecule has 130 valence electrons. The smallest absolute Gasteiger partial charge is 0.340 e. The van der Waals surface area contributed by atoms with Crippen LogP contribution in [0.1, 0.15) is 29.8 Å². The second-order valence-electron chi connectivity index (χ2n) is 5.37. The van der Waals surface area contributed by atoms with Crippen molar-refractivity contribution < 1.29 is 19.1 Å². The van der Waals surface area contributed by atoms with E-state index < -0.39 is 5.97 Å². The Morgan fingerprint density at radius 1 is 0.960 bits per heavy atom. The molecule has 0 spiro atoms. The third-order valence-corrected chi connectivity index (χ3v) is 3.34. The summed E-state index contributed by atoms with van der Waals surface area (Å²) in [5.74, 6) is -0.872. The molecule has 0 radical (unpaired) electrons. The van der Waals surface area contributed by atoms with Crippen LogP contribution >= 0.6 is 0 Å². The van der Waals surface area contributed by atoms with Crippen molar-refractivity contribution in [3.05, 3.63) is 59.7 Å². The lowest BCUT2D eigenvalue weighted by Crippen LogP contribution is -2.17. The highest BCUT2D eigenvalue weighted by molar-refractivity contribution is 6.01. The molecule has 0 aliphatic heterocycles. The largest absolute Gasteiger partial charge is 0.462 e. The first kappa shape index (κ1) is 18.2. The average molecular weight is 340 g/mol. The van der Waals surface area contributed by atoms with Gasteiger partial charge in [0, 0.05) is 12.6 Å². The Hall–Kier alpha value is -3.15. The van der Waals surface area contributed by atoms with Crippen LogP contribution in [0, 0.1) is 0 Å². The molecule has 0 bridgehead atoms. The zero-order valence-corrected chi connectivity index (χ0v) is 14.2. The highest BCUT2D eigenvalue weighted by Gasteiger charge is 2.14. The molecule has 0 unspecified atom stereocenters. The van der Waals surface area contributed by atoms with Crippen LogP contribution in [0.2, 0.25) is 0 Å². The molecule has 0 heterocycles. The maximum Gasteiger partial charge on any atom is 0.340 e. The Morgan fingerprint density at radius 2 is 1.64 bits per heavy atom. The maximum absolute atomic E-state index is 12.2. The predicted molar refractivity (Wildman–Crippen MR) is 95.5 cm³/mol. The second kappa shape index (κ2) is 8.63. The summed E-state index contributed by atoms with van der Waals surface area (Å²) in [4.78, 5) is 35.2. The SMILES string of the molecule is CCOC(=O)c1ccccc1NC(=O)Cc1ccc(NC(C)=O)cc1. The third-order valence-electron chi connectivity index (χ3n) is 3.34. The molecule has 2 N–H and O–H groups in total. The van der Waals surface area contributed by atoms with Gasteiger partial charge in [-0.15, -0.1) is 0 Å². The Kier molecular flexibility index (Phi) is 6.28. The van der Waals surface area contributed by atoms with E-state index in [0.29, 0.717) is 16.9 Å². The van der Waals surface area contributed by atoms with Crippen LogP contribution in [-0.2, 0) is 20.7 Å². The molecule has 0 fully saturated rings. The van der Waals surface area contributed by atoms with Crippen molar-refractivity contribution in [2.24, 2.45) is 0 Å². The summed E-state index contributed by atoms with van der Waals surface area (Å²) >= 11 is 0. The topological polar surface area (TPSA) is 84.5 Å². The normalized spacial score (nSPS) is 10.0. The van der Waals surface area contributed by atoms with Gasteiger partial charge in [-0.05, 0) is 36.8 Å². The highest BCUT2D eigenvalue weighted by atomic mass is 16.5. The zero-order valence-electron chi connectivity index (χ0n) is 14.2. The van der Waals surface area contributed by atoms with Crippen molar-refractivity contribution in [1.29, 1.82) is 0 Å². The van der Waals surface area contributed by atoms with Crippen LogP contribution in [0.3, 0.4) is 0 Å². The first-order valence-corrected chi connectivity index (χ1v) is 7.92. The van der Waals surface area contributed by atoms with E-state index in [0.717, 1.165) is 5.56 Å². The summed E-state index contributed by atoms with van der Waals surface area (Å²) in [6.07, 6.45) is 0.150. The fourth-order valence-electron chi connectivity index (χ4n) is 2.27. The molecule has 0 aliphatic carbocycles. The van der Waals surface area contributed by atoms with E-state index in [-0.39, 0.29) is 24.8 Å². The monoisotopic (exact) mass is 340 g/mol. The number of para-hydroxylation sites is 1. The van der Waals surface area contributed by atoms with Gasteiger partial charge in [-0.2, -0.15) is 0 Å². The molecular weight excluding hydrogens is 320 g/mol. The summed E-state index contributed by atoms with van der Waals surface area (Å²) in [6, 6.07) is 13.7. The van der Waals surface area contributed by atoms with E-state index in [9.17, 15) is 14.4 Å². The summed E-state index contributed by atoms with van der Waals surface area (Å²) in [5, 5.41) is 5.40. The van der Waals surface area contributed by atoms with Gasteiger partial charge in [-0.3, -0.25) is 9.59 Å². The van der Waals surface area contributed by atoms with Crippen molar-refractivity contribution in [3.8, 4) is 0 Å². The number of ether oxygens (including phenoxy) is 1.